The molecule has 0 nitrogen and oxygen atoms in total. The summed E-state index contributed by atoms with van der Waals surface area (Å²) in [5.74, 6) is -6.71. The summed E-state index contributed by atoms with van der Waals surface area (Å²) < 4.78 is 116. The van der Waals surface area contributed by atoms with Gasteiger partial charge < -0.3 is 0 Å². The summed E-state index contributed by atoms with van der Waals surface area (Å²) in [5, 5.41) is -0.730. The smallest absolute Gasteiger partial charge is 0.221 e. The second-order valence-electron chi connectivity index (χ2n) is 4.01. The molecule has 1 radical (unpaired) electrons. The molecule has 1 atom stereocenters. The summed E-state index contributed by atoms with van der Waals surface area (Å²) in [6, 6.07) is 2.41. The van der Waals surface area contributed by atoms with E-state index in [1.807, 2.05) is 0 Å². The van der Waals surface area contributed by atoms with E-state index in [1.54, 1.807) is 0 Å². The quantitative estimate of drug-likeness (QED) is 0.476. The molecule has 0 fully saturated rings. The van der Waals surface area contributed by atoms with E-state index in [2.05, 4.69) is 6.07 Å². The van der Waals surface area contributed by atoms with Gasteiger partial charge in [0.2, 0.25) is 0 Å². The van der Waals surface area contributed by atoms with Gasteiger partial charge in [-0.1, -0.05) is 11.6 Å². The fourth-order valence-corrected chi connectivity index (χ4v) is 2.27. The highest BCUT2D eigenvalue weighted by atomic mass is 35.5. The standard InChI is InChI=1S/C11H5ClF9S/c1-22-7-3-5(2-6(12)4-7)8(13,10(16,17)18)9(14,15)11(19,20)21/h2-3H,1H3. The number of alkyl halides is 9. The molecule has 1 unspecified atom stereocenters. The van der Waals surface area contributed by atoms with E-state index in [9.17, 15) is 39.5 Å². The zero-order valence-corrected chi connectivity index (χ0v) is 11.9. The van der Waals surface area contributed by atoms with Crippen LogP contribution in [0.25, 0.3) is 0 Å². The molecule has 0 saturated heterocycles. The first-order valence-corrected chi connectivity index (χ1v) is 6.76. The number of thioether (sulfide) groups is 1. The third-order valence-electron chi connectivity index (χ3n) is 2.61. The summed E-state index contributed by atoms with van der Waals surface area (Å²) in [4.78, 5) is -0.327. The molecular formula is C11H5ClF9S. The van der Waals surface area contributed by atoms with Gasteiger partial charge in [-0.3, -0.25) is 0 Å². The number of benzene rings is 1. The van der Waals surface area contributed by atoms with Crippen molar-refractivity contribution in [2.45, 2.75) is 28.8 Å². The molecule has 125 valence electrons. The second kappa shape index (κ2) is 5.70. The normalized spacial score (nSPS) is 16.5. The lowest BCUT2D eigenvalue weighted by Gasteiger charge is -2.36. The van der Waals surface area contributed by atoms with E-state index in [0.717, 1.165) is 0 Å². The van der Waals surface area contributed by atoms with Crippen molar-refractivity contribution >= 4 is 23.4 Å². The Morgan fingerprint density at radius 2 is 1.41 bits per heavy atom. The Balaban J connectivity index is 3.73. The third-order valence-corrected chi connectivity index (χ3v) is 3.47. The summed E-state index contributed by atoms with van der Waals surface area (Å²) >= 11 is 5.96. The van der Waals surface area contributed by atoms with Crippen molar-refractivity contribution in [2.75, 3.05) is 6.26 Å². The van der Waals surface area contributed by atoms with Crippen LogP contribution in [0.4, 0.5) is 39.5 Å². The van der Waals surface area contributed by atoms with Gasteiger partial charge in [0, 0.05) is 16.5 Å². The largest absolute Gasteiger partial charge is 0.457 e. The van der Waals surface area contributed by atoms with Crippen LogP contribution in [0.3, 0.4) is 0 Å². The molecule has 1 aromatic carbocycles. The van der Waals surface area contributed by atoms with Gasteiger partial charge in [0.15, 0.2) is 0 Å². The highest BCUT2D eigenvalue weighted by Gasteiger charge is 2.81. The molecule has 0 bridgehead atoms. The first-order chi connectivity index (χ1) is 9.68. The van der Waals surface area contributed by atoms with Crippen molar-refractivity contribution in [3.63, 3.8) is 0 Å². The van der Waals surface area contributed by atoms with Crippen molar-refractivity contribution in [3.8, 4) is 0 Å². The predicted octanol–water partition coefficient (Wildman–Crippen LogP) is 5.79. The first-order valence-electron chi connectivity index (χ1n) is 5.16. The van der Waals surface area contributed by atoms with Gasteiger partial charge in [0.1, 0.15) is 0 Å². The van der Waals surface area contributed by atoms with Crippen LogP contribution >= 0.6 is 23.4 Å². The number of halogens is 10. The zero-order chi connectivity index (χ0) is 17.6. The minimum absolute atomic E-state index is 0.0361. The highest BCUT2D eigenvalue weighted by Crippen LogP contribution is 2.58. The molecular weight excluding hydrogens is 371 g/mol. The lowest BCUT2D eigenvalue weighted by molar-refractivity contribution is -0.389. The monoisotopic (exact) mass is 375 g/mol. The van der Waals surface area contributed by atoms with E-state index >= 15 is 0 Å². The minimum atomic E-state index is -6.76. The van der Waals surface area contributed by atoms with Gasteiger partial charge in [-0.25, -0.2) is 4.39 Å². The van der Waals surface area contributed by atoms with E-state index in [-0.39, 0.29) is 17.0 Å². The van der Waals surface area contributed by atoms with Crippen molar-refractivity contribution < 1.29 is 39.5 Å². The van der Waals surface area contributed by atoms with Crippen LogP contribution in [-0.2, 0) is 5.67 Å². The number of rotatable bonds is 3. The maximum absolute atomic E-state index is 14.1. The van der Waals surface area contributed by atoms with E-state index in [4.69, 9.17) is 11.6 Å². The maximum Gasteiger partial charge on any atom is 0.457 e. The van der Waals surface area contributed by atoms with E-state index in [1.165, 1.54) is 6.26 Å². The Hall–Kier alpha value is -0.770. The average molecular weight is 376 g/mol. The van der Waals surface area contributed by atoms with Gasteiger partial charge in [-0.2, -0.15) is 35.1 Å². The van der Waals surface area contributed by atoms with Crippen LogP contribution in [0.15, 0.2) is 17.0 Å². The fraction of sp³-hybridized carbons (Fsp3) is 0.455. The van der Waals surface area contributed by atoms with Gasteiger partial charge in [0.25, 0.3) is 0 Å². The van der Waals surface area contributed by atoms with Crippen molar-refractivity contribution in [1.82, 2.24) is 0 Å². The van der Waals surface area contributed by atoms with Crippen LogP contribution in [-0.4, -0.2) is 24.5 Å². The van der Waals surface area contributed by atoms with Crippen molar-refractivity contribution in [2.24, 2.45) is 0 Å². The number of hydrogen-bond donors (Lipinski definition) is 0. The molecule has 0 aliphatic heterocycles. The Morgan fingerprint density at radius 1 is 0.909 bits per heavy atom. The Labute approximate surface area is 127 Å². The molecule has 0 heterocycles. The zero-order valence-electron chi connectivity index (χ0n) is 10.3. The first kappa shape index (κ1) is 19.3. The van der Waals surface area contributed by atoms with E-state index < -0.39 is 34.5 Å². The predicted molar refractivity (Wildman–Crippen MR) is 61.9 cm³/mol. The van der Waals surface area contributed by atoms with Crippen LogP contribution < -0.4 is 0 Å². The fourth-order valence-electron chi connectivity index (χ4n) is 1.54. The molecule has 1 aromatic rings. The molecule has 1 rings (SSSR count). The maximum atomic E-state index is 14.1. The molecule has 0 aromatic heterocycles. The molecule has 11 heteroatoms. The lowest BCUT2D eigenvalue weighted by atomic mass is 9.87. The average Bonchev–Trinajstić information content (AvgIpc) is 2.33. The Bertz CT molecular complexity index is 551. The summed E-state index contributed by atoms with van der Waals surface area (Å²) in [7, 11) is 0. The summed E-state index contributed by atoms with van der Waals surface area (Å²) in [5.41, 5.74) is -7.93. The molecule has 0 N–H and O–H groups in total. The molecule has 0 aliphatic rings. The minimum Gasteiger partial charge on any atom is -0.221 e. The van der Waals surface area contributed by atoms with Crippen LogP contribution in [0.5, 0.6) is 0 Å². The van der Waals surface area contributed by atoms with Gasteiger partial charge in [-0.15, -0.1) is 11.8 Å². The van der Waals surface area contributed by atoms with Gasteiger partial charge in [-0.05, 0) is 18.4 Å². The van der Waals surface area contributed by atoms with Gasteiger partial charge in [0.05, 0.1) is 5.02 Å². The third kappa shape index (κ3) is 2.99. The van der Waals surface area contributed by atoms with Crippen LogP contribution in [0.1, 0.15) is 5.56 Å². The number of hydrogen-bond acceptors (Lipinski definition) is 1. The molecule has 22 heavy (non-hydrogen) atoms. The van der Waals surface area contributed by atoms with Gasteiger partial charge >= 0.3 is 23.9 Å². The Kier molecular flexibility index (Phi) is 4.99. The SMILES string of the molecule is CSc1[c]c(Cl)cc(C(F)(C(F)(F)F)C(F)(F)C(F)(F)F)c1. The van der Waals surface area contributed by atoms with Crippen molar-refractivity contribution in [3.05, 3.63) is 28.8 Å². The highest BCUT2D eigenvalue weighted by molar-refractivity contribution is 7.98. The summed E-state index contributed by atoms with van der Waals surface area (Å²) in [6.45, 7) is 0. The van der Waals surface area contributed by atoms with Crippen molar-refractivity contribution in [1.29, 1.82) is 0 Å². The molecule has 0 aliphatic carbocycles. The molecule has 0 amide bonds. The lowest BCUT2D eigenvalue weighted by Crippen LogP contribution is -2.59. The Morgan fingerprint density at radius 3 is 1.77 bits per heavy atom. The van der Waals surface area contributed by atoms with E-state index in [0.29, 0.717) is 11.8 Å². The topological polar surface area (TPSA) is 0 Å². The molecule has 0 saturated carbocycles. The van der Waals surface area contributed by atoms with Crippen LogP contribution in [0, 0.1) is 6.07 Å². The van der Waals surface area contributed by atoms with Crippen LogP contribution in [0.2, 0.25) is 5.02 Å². The summed E-state index contributed by atoms with van der Waals surface area (Å²) in [6.07, 6.45) is -12.0. The second-order valence-corrected chi connectivity index (χ2v) is 5.27. The molecule has 0 spiro atoms.